The van der Waals surface area contributed by atoms with Crippen LogP contribution in [0.1, 0.15) is 37.7 Å². The Morgan fingerprint density at radius 3 is 2.53 bits per heavy atom. The average molecular weight is 258 g/mol. The highest BCUT2D eigenvalue weighted by Gasteiger charge is 2.33. The van der Waals surface area contributed by atoms with Gasteiger partial charge in [-0.25, -0.2) is 0 Å². The summed E-state index contributed by atoms with van der Waals surface area (Å²) in [5.74, 6) is 0. The summed E-state index contributed by atoms with van der Waals surface area (Å²) in [4.78, 5) is 2.66. The van der Waals surface area contributed by atoms with Gasteiger partial charge in [-0.15, -0.1) is 0 Å². The van der Waals surface area contributed by atoms with E-state index in [1.165, 1.54) is 63.8 Å². The lowest BCUT2D eigenvalue weighted by atomic mass is 9.73. The number of hydrogen-bond donors (Lipinski definition) is 1. The molecule has 19 heavy (non-hydrogen) atoms. The van der Waals surface area contributed by atoms with Crippen LogP contribution in [-0.4, -0.2) is 31.1 Å². The van der Waals surface area contributed by atoms with E-state index in [4.69, 9.17) is 0 Å². The Balaban J connectivity index is 1.58. The number of nitrogens with one attached hydrogen (secondary N) is 1. The maximum absolute atomic E-state index is 3.51. The van der Waals surface area contributed by atoms with Crippen molar-refractivity contribution in [2.24, 2.45) is 5.41 Å². The molecule has 1 aromatic carbocycles. The number of nitrogens with zero attached hydrogens (tertiary/aromatic N) is 1. The molecule has 0 unspecified atom stereocenters. The highest BCUT2D eigenvalue weighted by molar-refractivity contribution is 5.14. The molecule has 1 spiro atoms. The molecule has 2 heteroatoms. The monoisotopic (exact) mass is 258 g/mol. The van der Waals surface area contributed by atoms with Crippen LogP contribution in [0.3, 0.4) is 0 Å². The molecule has 0 aromatic heterocycles. The minimum Gasteiger partial charge on any atom is -0.317 e. The number of benzene rings is 1. The Kier molecular flexibility index (Phi) is 4.19. The van der Waals surface area contributed by atoms with E-state index in [9.17, 15) is 0 Å². The first-order valence-corrected chi connectivity index (χ1v) is 7.83. The minimum atomic E-state index is 0.663. The molecule has 0 saturated carbocycles. The average Bonchev–Trinajstić information content (AvgIpc) is 2.64. The van der Waals surface area contributed by atoms with Gasteiger partial charge in [0.25, 0.3) is 0 Å². The van der Waals surface area contributed by atoms with Gasteiger partial charge in [0.15, 0.2) is 0 Å². The maximum Gasteiger partial charge on any atom is 0.0233 e. The van der Waals surface area contributed by atoms with Crippen LogP contribution in [-0.2, 0) is 6.54 Å². The summed E-state index contributed by atoms with van der Waals surface area (Å²) in [6, 6.07) is 10.9. The molecular formula is C17H26N2. The van der Waals surface area contributed by atoms with E-state index in [1.54, 1.807) is 0 Å². The first-order chi connectivity index (χ1) is 9.36. The van der Waals surface area contributed by atoms with Crippen molar-refractivity contribution in [2.45, 2.75) is 38.6 Å². The van der Waals surface area contributed by atoms with E-state index in [2.05, 4.69) is 40.5 Å². The van der Waals surface area contributed by atoms with Gasteiger partial charge in [-0.05, 0) is 69.3 Å². The zero-order valence-electron chi connectivity index (χ0n) is 11.9. The summed E-state index contributed by atoms with van der Waals surface area (Å²) < 4.78 is 0. The Morgan fingerprint density at radius 1 is 0.947 bits per heavy atom. The molecule has 1 N–H and O–H groups in total. The lowest BCUT2D eigenvalue weighted by Crippen LogP contribution is -2.37. The summed E-state index contributed by atoms with van der Waals surface area (Å²) in [5, 5.41) is 3.51. The third-order valence-electron chi connectivity index (χ3n) is 5.05. The van der Waals surface area contributed by atoms with E-state index in [1.807, 2.05) is 0 Å². The molecule has 1 aromatic rings. The second-order valence-corrected chi connectivity index (χ2v) is 6.37. The summed E-state index contributed by atoms with van der Waals surface area (Å²) in [6.07, 6.45) is 7.02. The second-order valence-electron chi connectivity index (χ2n) is 6.37. The fraction of sp³-hybridized carbons (Fsp3) is 0.647. The standard InChI is InChI=1S/C17H26N2/c1-2-5-16(6-3-1)15-19-13-4-7-17(10-14-19)8-11-18-12-9-17/h1-3,5-6,18H,4,7-15H2. The quantitative estimate of drug-likeness (QED) is 0.877. The van der Waals surface area contributed by atoms with Gasteiger partial charge in [0.1, 0.15) is 0 Å². The van der Waals surface area contributed by atoms with E-state index < -0.39 is 0 Å². The smallest absolute Gasteiger partial charge is 0.0233 e. The lowest BCUT2D eigenvalue weighted by molar-refractivity contribution is 0.167. The summed E-state index contributed by atoms with van der Waals surface area (Å²) >= 11 is 0. The molecule has 0 aliphatic carbocycles. The van der Waals surface area contributed by atoms with Crippen molar-refractivity contribution in [3.8, 4) is 0 Å². The molecule has 2 nitrogen and oxygen atoms in total. The van der Waals surface area contributed by atoms with E-state index in [0.717, 1.165) is 6.54 Å². The van der Waals surface area contributed by atoms with Gasteiger partial charge in [-0.1, -0.05) is 30.3 Å². The molecule has 2 aliphatic rings. The molecule has 2 fully saturated rings. The van der Waals surface area contributed by atoms with Crippen LogP contribution < -0.4 is 5.32 Å². The van der Waals surface area contributed by atoms with E-state index in [-0.39, 0.29) is 0 Å². The van der Waals surface area contributed by atoms with Crippen LogP contribution in [0.15, 0.2) is 30.3 Å². The predicted octanol–water partition coefficient (Wildman–Crippen LogP) is 3.04. The maximum atomic E-state index is 3.51. The zero-order chi connectivity index (χ0) is 13.0. The first-order valence-electron chi connectivity index (χ1n) is 7.83. The van der Waals surface area contributed by atoms with Crippen molar-refractivity contribution >= 4 is 0 Å². The lowest BCUT2D eigenvalue weighted by Gasteiger charge is -2.37. The molecule has 0 amide bonds. The van der Waals surface area contributed by atoms with Crippen molar-refractivity contribution in [1.82, 2.24) is 10.2 Å². The molecule has 0 bridgehead atoms. The number of likely N-dealkylation sites (tertiary alicyclic amines) is 1. The van der Waals surface area contributed by atoms with Crippen molar-refractivity contribution in [3.05, 3.63) is 35.9 Å². The Labute approximate surface area is 117 Å². The minimum absolute atomic E-state index is 0.663. The van der Waals surface area contributed by atoms with Gasteiger partial charge < -0.3 is 5.32 Å². The van der Waals surface area contributed by atoms with Crippen LogP contribution in [0.25, 0.3) is 0 Å². The van der Waals surface area contributed by atoms with Gasteiger partial charge in [-0.3, -0.25) is 4.90 Å². The van der Waals surface area contributed by atoms with Gasteiger partial charge in [0.2, 0.25) is 0 Å². The molecule has 2 saturated heterocycles. The van der Waals surface area contributed by atoms with Crippen molar-refractivity contribution < 1.29 is 0 Å². The van der Waals surface area contributed by atoms with Crippen LogP contribution in [0.5, 0.6) is 0 Å². The van der Waals surface area contributed by atoms with Crippen molar-refractivity contribution in [1.29, 1.82) is 0 Å². The fourth-order valence-electron chi connectivity index (χ4n) is 3.77. The largest absolute Gasteiger partial charge is 0.317 e. The fourth-order valence-corrected chi connectivity index (χ4v) is 3.77. The van der Waals surface area contributed by atoms with E-state index >= 15 is 0 Å². The first kappa shape index (κ1) is 13.1. The topological polar surface area (TPSA) is 15.3 Å². The van der Waals surface area contributed by atoms with Crippen molar-refractivity contribution in [2.75, 3.05) is 26.2 Å². The number of rotatable bonds is 2. The highest BCUT2D eigenvalue weighted by atomic mass is 15.1. The number of hydrogen-bond acceptors (Lipinski definition) is 2. The van der Waals surface area contributed by atoms with Gasteiger partial charge in [0.05, 0.1) is 0 Å². The normalized spacial score (nSPS) is 24.2. The highest BCUT2D eigenvalue weighted by Crippen LogP contribution is 2.39. The summed E-state index contributed by atoms with van der Waals surface area (Å²) in [6.45, 7) is 6.17. The third-order valence-corrected chi connectivity index (χ3v) is 5.05. The molecule has 104 valence electrons. The summed E-state index contributed by atoms with van der Waals surface area (Å²) in [5.41, 5.74) is 2.13. The molecule has 2 heterocycles. The third kappa shape index (κ3) is 3.37. The molecule has 0 atom stereocenters. The zero-order valence-corrected chi connectivity index (χ0v) is 11.9. The van der Waals surface area contributed by atoms with Gasteiger partial charge in [0, 0.05) is 6.54 Å². The Morgan fingerprint density at radius 2 is 1.74 bits per heavy atom. The van der Waals surface area contributed by atoms with Crippen LogP contribution in [0, 0.1) is 5.41 Å². The molecule has 0 radical (unpaired) electrons. The second kappa shape index (κ2) is 6.06. The molecule has 2 aliphatic heterocycles. The number of piperidine rings is 1. The van der Waals surface area contributed by atoms with Gasteiger partial charge in [-0.2, -0.15) is 0 Å². The van der Waals surface area contributed by atoms with Crippen LogP contribution in [0.2, 0.25) is 0 Å². The van der Waals surface area contributed by atoms with Crippen LogP contribution >= 0.6 is 0 Å². The van der Waals surface area contributed by atoms with Crippen molar-refractivity contribution in [3.63, 3.8) is 0 Å². The molecule has 3 rings (SSSR count). The van der Waals surface area contributed by atoms with E-state index in [0.29, 0.717) is 5.41 Å². The molecular weight excluding hydrogens is 232 g/mol. The van der Waals surface area contributed by atoms with Gasteiger partial charge >= 0.3 is 0 Å². The Hall–Kier alpha value is -0.860. The van der Waals surface area contributed by atoms with Crippen LogP contribution in [0.4, 0.5) is 0 Å². The predicted molar refractivity (Wildman–Crippen MR) is 80.1 cm³/mol. The summed E-state index contributed by atoms with van der Waals surface area (Å²) in [7, 11) is 0. The Bertz CT molecular complexity index is 382. The SMILES string of the molecule is c1ccc(CN2CCCC3(CCNCC3)CC2)cc1.